The first-order valence-corrected chi connectivity index (χ1v) is 8.54. The summed E-state index contributed by atoms with van der Waals surface area (Å²) in [6.45, 7) is 2.44. The Kier molecular flexibility index (Phi) is 4.30. The molecule has 2 atom stereocenters. The van der Waals surface area contributed by atoms with Crippen LogP contribution in [0.25, 0.3) is 0 Å². The zero-order chi connectivity index (χ0) is 16.6. The Bertz CT molecular complexity index is 676. The number of hydrogen-bond acceptors (Lipinski definition) is 4. The molecular weight excluding hydrogens is 316 g/mol. The van der Waals surface area contributed by atoms with Crippen LogP contribution < -0.4 is 5.32 Å². The SMILES string of the molecule is CC1CCN(C(=O)c2ccc3c(c2)NC(=O)CS3)C(C(=O)O)C1. The van der Waals surface area contributed by atoms with Gasteiger partial charge in [-0.25, -0.2) is 4.79 Å². The highest BCUT2D eigenvalue weighted by molar-refractivity contribution is 8.00. The third-order valence-corrected chi connectivity index (χ3v) is 5.34. The van der Waals surface area contributed by atoms with Crippen LogP contribution in [-0.4, -0.2) is 46.1 Å². The van der Waals surface area contributed by atoms with E-state index in [0.717, 1.165) is 11.3 Å². The van der Waals surface area contributed by atoms with Crippen molar-refractivity contribution in [2.45, 2.75) is 30.7 Å². The summed E-state index contributed by atoms with van der Waals surface area (Å²) >= 11 is 1.43. The monoisotopic (exact) mass is 334 g/mol. The molecule has 2 aliphatic rings. The molecule has 1 fully saturated rings. The van der Waals surface area contributed by atoms with E-state index in [-0.39, 0.29) is 11.8 Å². The summed E-state index contributed by atoms with van der Waals surface area (Å²) in [7, 11) is 0. The van der Waals surface area contributed by atoms with Crippen molar-refractivity contribution in [3.05, 3.63) is 23.8 Å². The molecule has 2 heterocycles. The molecule has 2 N–H and O–H groups in total. The number of rotatable bonds is 2. The molecule has 0 aromatic heterocycles. The number of fused-ring (bicyclic) bond motifs is 1. The summed E-state index contributed by atoms with van der Waals surface area (Å²) in [4.78, 5) is 38.0. The molecule has 2 amide bonds. The van der Waals surface area contributed by atoms with E-state index in [9.17, 15) is 19.5 Å². The number of nitrogens with zero attached hydrogens (tertiary/aromatic N) is 1. The van der Waals surface area contributed by atoms with Crippen molar-refractivity contribution >= 4 is 35.2 Å². The molecular formula is C16H18N2O4S. The van der Waals surface area contributed by atoms with Crippen LogP contribution in [0.4, 0.5) is 5.69 Å². The van der Waals surface area contributed by atoms with Gasteiger partial charge in [-0.1, -0.05) is 6.92 Å². The van der Waals surface area contributed by atoms with Crippen LogP contribution in [-0.2, 0) is 9.59 Å². The molecule has 23 heavy (non-hydrogen) atoms. The third-order valence-electron chi connectivity index (χ3n) is 4.27. The average molecular weight is 334 g/mol. The molecule has 1 saturated heterocycles. The van der Waals surface area contributed by atoms with Gasteiger partial charge in [0, 0.05) is 17.0 Å². The van der Waals surface area contributed by atoms with Crippen molar-refractivity contribution in [3.63, 3.8) is 0 Å². The first-order chi connectivity index (χ1) is 11.0. The molecule has 2 unspecified atom stereocenters. The van der Waals surface area contributed by atoms with E-state index in [1.807, 2.05) is 6.92 Å². The number of hydrogen-bond donors (Lipinski definition) is 2. The Balaban J connectivity index is 1.86. The summed E-state index contributed by atoms with van der Waals surface area (Å²) in [5.41, 5.74) is 1.03. The molecule has 2 aliphatic heterocycles. The van der Waals surface area contributed by atoms with Gasteiger partial charge in [0.25, 0.3) is 5.91 Å². The fraction of sp³-hybridized carbons (Fsp3) is 0.438. The van der Waals surface area contributed by atoms with Crippen molar-refractivity contribution < 1.29 is 19.5 Å². The summed E-state index contributed by atoms with van der Waals surface area (Å²) in [5.74, 6) is -0.698. The molecule has 7 heteroatoms. The second kappa shape index (κ2) is 6.23. The predicted molar refractivity (Wildman–Crippen MR) is 86.7 cm³/mol. The topological polar surface area (TPSA) is 86.7 Å². The lowest BCUT2D eigenvalue weighted by Gasteiger charge is -2.36. The Hall–Kier alpha value is -2.02. The lowest BCUT2D eigenvalue weighted by molar-refractivity contribution is -0.144. The van der Waals surface area contributed by atoms with Crippen LogP contribution in [0.1, 0.15) is 30.1 Å². The Morgan fingerprint density at radius 1 is 1.39 bits per heavy atom. The first kappa shape index (κ1) is 15.9. The van der Waals surface area contributed by atoms with Gasteiger partial charge in [-0.2, -0.15) is 0 Å². The minimum atomic E-state index is -0.966. The zero-order valence-electron chi connectivity index (χ0n) is 12.7. The normalized spacial score (nSPS) is 23.9. The maximum absolute atomic E-state index is 12.7. The standard InChI is InChI=1S/C16H18N2O4S/c1-9-4-5-18(12(6-9)16(21)22)15(20)10-2-3-13-11(7-10)17-14(19)8-23-13/h2-3,7,9,12H,4-6,8H2,1H3,(H,17,19)(H,21,22). The van der Waals surface area contributed by atoms with E-state index in [0.29, 0.717) is 35.9 Å². The molecule has 1 aromatic carbocycles. The molecule has 3 rings (SSSR count). The average Bonchev–Trinajstić information content (AvgIpc) is 2.53. The van der Waals surface area contributed by atoms with Gasteiger partial charge in [-0.3, -0.25) is 9.59 Å². The maximum atomic E-state index is 12.7. The molecule has 6 nitrogen and oxygen atoms in total. The van der Waals surface area contributed by atoms with Crippen LogP contribution in [0.3, 0.4) is 0 Å². The van der Waals surface area contributed by atoms with Crippen LogP contribution in [0.15, 0.2) is 23.1 Å². The second-order valence-corrected chi connectivity index (χ2v) is 7.05. The van der Waals surface area contributed by atoms with Gasteiger partial charge in [-0.15, -0.1) is 11.8 Å². The van der Waals surface area contributed by atoms with Crippen LogP contribution >= 0.6 is 11.8 Å². The predicted octanol–water partition coefficient (Wildman–Crippen LogP) is 2.06. The fourth-order valence-corrected chi connectivity index (χ4v) is 3.79. The van der Waals surface area contributed by atoms with Crippen molar-refractivity contribution in [2.24, 2.45) is 5.92 Å². The van der Waals surface area contributed by atoms with Crippen molar-refractivity contribution in [2.75, 3.05) is 17.6 Å². The number of anilines is 1. The molecule has 0 saturated carbocycles. The number of likely N-dealkylation sites (tertiary alicyclic amines) is 1. The van der Waals surface area contributed by atoms with Crippen LogP contribution in [0.5, 0.6) is 0 Å². The molecule has 1 aromatic rings. The number of amides is 2. The number of aliphatic carboxylic acids is 1. The Morgan fingerprint density at radius 2 is 2.17 bits per heavy atom. The molecule has 0 bridgehead atoms. The molecule has 122 valence electrons. The van der Waals surface area contributed by atoms with Crippen molar-refractivity contribution in [3.8, 4) is 0 Å². The fourth-order valence-electron chi connectivity index (χ4n) is 3.00. The van der Waals surface area contributed by atoms with E-state index in [1.54, 1.807) is 18.2 Å². The summed E-state index contributed by atoms with van der Waals surface area (Å²) in [6.07, 6.45) is 1.27. The van der Waals surface area contributed by atoms with E-state index in [4.69, 9.17) is 0 Å². The summed E-state index contributed by atoms with van der Waals surface area (Å²) < 4.78 is 0. The number of carboxylic acid groups (broad SMARTS) is 1. The number of nitrogens with one attached hydrogen (secondary N) is 1. The van der Waals surface area contributed by atoms with Gasteiger partial charge in [-0.05, 0) is 37.0 Å². The summed E-state index contributed by atoms with van der Waals surface area (Å²) in [5, 5.41) is 12.1. The van der Waals surface area contributed by atoms with E-state index >= 15 is 0 Å². The van der Waals surface area contributed by atoms with E-state index < -0.39 is 12.0 Å². The number of carboxylic acids is 1. The van der Waals surface area contributed by atoms with Gasteiger partial charge in [0.05, 0.1) is 11.4 Å². The second-order valence-electron chi connectivity index (χ2n) is 6.03. The lowest BCUT2D eigenvalue weighted by atomic mass is 9.92. The van der Waals surface area contributed by atoms with Gasteiger partial charge in [0.1, 0.15) is 6.04 Å². The number of benzene rings is 1. The zero-order valence-corrected chi connectivity index (χ0v) is 13.6. The molecule has 0 radical (unpaired) electrons. The van der Waals surface area contributed by atoms with Crippen molar-refractivity contribution in [1.29, 1.82) is 0 Å². The largest absolute Gasteiger partial charge is 0.480 e. The van der Waals surface area contributed by atoms with Gasteiger partial charge < -0.3 is 15.3 Å². The number of carbonyl (C=O) groups is 3. The molecule has 0 spiro atoms. The highest BCUT2D eigenvalue weighted by Gasteiger charge is 2.35. The van der Waals surface area contributed by atoms with Crippen molar-refractivity contribution in [1.82, 2.24) is 4.90 Å². The Labute approximate surface area is 138 Å². The van der Waals surface area contributed by atoms with Gasteiger partial charge in [0.2, 0.25) is 5.91 Å². The highest BCUT2D eigenvalue weighted by atomic mass is 32.2. The van der Waals surface area contributed by atoms with Crippen LogP contribution in [0, 0.1) is 5.92 Å². The lowest BCUT2D eigenvalue weighted by Crippen LogP contribution is -2.49. The highest BCUT2D eigenvalue weighted by Crippen LogP contribution is 2.33. The molecule has 0 aliphatic carbocycles. The van der Waals surface area contributed by atoms with E-state index in [2.05, 4.69) is 5.32 Å². The van der Waals surface area contributed by atoms with E-state index in [1.165, 1.54) is 16.7 Å². The minimum Gasteiger partial charge on any atom is -0.480 e. The minimum absolute atomic E-state index is 0.0951. The smallest absolute Gasteiger partial charge is 0.326 e. The maximum Gasteiger partial charge on any atom is 0.326 e. The quantitative estimate of drug-likeness (QED) is 0.864. The van der Waals surface area contributed by atoms with Crippen LogP contribution in [0.2, 0.25) is 0 Å². The first-order valence-electron chi connectivity index (χ1n) is 7.56. The van der Waals surface area contributed by atoms with Gasteiger partial charge in [0.15, 0.2) is 0 Å². The Morgan fingerprint density at radius 3 is 2.91 bits per heavy atom. The third kappa shape index (κ3) is 3.19. The summed E-state index contributed by atoms with van der Waals surface area (Å²) in [6, 6.07) is 4.35. The number of carbonyl (C=O) groups excluding carboxylic acids is 2. The number of thioether (sulfide) groups is 1. The van der Waals surface area contributed by atoms with Gasteiger partial charge >= 0.3 is 5.97 Å². The number of piperidine rings is 1.